The lowest BCUT2D eigenvalue weighted by Gasteiger charge is -1.98. The maximum Gasteiger partial charge on any atom is 0.339 e. The molecule has 0 atom stereocenters. The van der Waals surface area contributed by atoms with Gasteiger partial charge in [-0.15, -0.1) is 0 Å². The van der Waals surface area contributed by atoms with E-state index in [4.69, 9.17) is 0 Å². The fourth-order valence-corrected chi connectivity index (χ4v) is 1.35. The Balaban J connectivity index is 2.62. The van der Waals surface area contributed by atoms with Crippen molar-refractivity contribution in [3.63, 3.8) is 0 Å². The van der Waals surface area contributed by atoms with Crippen LogP contribution in [0.5, 0.6) is 0 Å². The molecule has 0 fully saturated rings. The zero-order chi connectivity index (χ0) is 10.8. The lowest BCUT2D eigenvalue weighted by atomic mass is 10.2. The first-order chi connectivity index (χ1) is 7.26. The molecule has 15 heavy (non-hydrogen) atoms. The molecule has 76 valence electrons. The third kappa shape index (κ3) is 1.48. The summed E-state index contributed by atoms with van der Waals surface area (Å²) in [4.78, 5) is 28.7. The summed E-state index contributed by atoms with van der Waals surface area (Å²) in [5.74, 6) is -0.470. The third-order valence-electron chi connectivity index (χ3n) is 2.11. The molecule has 5 nitrogen and oxygen atoms in total. The average Bonchev–Trinajstić information content (AvgIpc) is 2.69. The van der Waals surface area contributed by atoms with Gasteiger partial charge in [0.05, 0.1) is 12.7 Å². The van der Waals surface area contributed by atoms with Crippen LogP contribution in [0.1, 0.15) is 20.7 Å². The van der Waals surface area contributed by atoms with Crippen LogP contribution < -0.4 is 0 Å². The smallest absolute Gasteiger partial charge is 0.339 e. The SMILES string of the molecule is COC(=O)c1cnc2[nH]cc(C=O)c2c1. The monoisotopic (exact) mass is 204 g/mol. The number of hydrogen-bond acceptors (Lipinski definition) is 4. The number of nitrogens with zero attached hydrogens (tertiary/aromatic N) is 1. The summed E-state index contributed by atoms with van der Waals surface area (Å²) in [5, 5.41) is 0.618. The summed E-state index contributed by atoms with van der Waals surface area (Å²) >= 11 is 0. The van der Waals surface area contributed by atoms with Crippen LogP contribution in [0.15, 0.2) is 18.5 Å². The number of esters is 1. The Hall–Kier alpha value is -2.17. The van der Waals surface area contributed by atoms with E-state index in [1.165, 1.54) is 13.3 Å². The van der Waals surface area contributed by atoms with Gasteiger partial charge in [-0.2, -0.15) is 0 Å². The van der Waals surface area contributed by atoms with Gasteiger partial charge in [-0.3, -0.25) is 4.79 Å². The van der Waals surface area contributed by atoms with Crippen LogP contribution in [0.3, 0.4) is 0 Å². The maximum absolute atomic E-state index is 11.2. The van der Waals surface area contributed by atoms with E-state index < -0.39 is 5.97 Å². The lowest BCUT2D eigenvalue weighted by Crippen LogP contribution is -2.01. The highest BCUT2D eigenvalue weighted by molar-refractivity contribution is 5.99. The van der Waals surface area contributed by atoms with Crippen molar-refractivity contribution in [1.82, 2.24) is 9.97 Å². The van der Waals surface area contributed by atoms with E-state index in [0.717, 1.165) is 0 Å². The first-order valence-corrected chi connectivity index (χ1v) is 4.27. The fourth-order valence-electron chi connectivity index (χ4n) is 1.35. The van der Waals surface area contributed by atoms with Crippen LogP contribution in [-0.2, 0) is 4.74 Å². The van der Waals surface area contributed by atoms with E-state index in [0.29, 0.717) is 28.4 Å². The molecule has 0 bridgehead atoms. The Bertz CT molecular complexity index is 530. The van der Waals surface area contributed by atoms with Gasteiger partial charge in [-0.25, -0.2) is 9.78 Å². The highest BCUT2D eigenvalue weighted by atomic mass is 16.5. The van der Waals surface area contributed by atoms with Gasteiger partial charge in [0.25, 0.3) is 0 Å². The number of aromatic nitrogens is 2. The highest BCUT2D eigenvalue weighted by Crippen LogP contribution is 2.16. The molecule has 2 rings (SSSR count). The van der Waals surface area contributed by atoms with Crippen LogP contribution in [0, 0.1) is 0 Å². The number of methoxy groups -OCH3 is 1. The van der Waals surface area contributed by atoms with Gasteiger partial charge in [0.1, 0.15) is 5.65 Å². The first kappa shape index (κ1) is 9.39. The number of ether oxygens (including phenoxy) is 1. The molecule has 2 heterocycles. The predicted molar refractivity (Wildman–Crippen MR) is 52.8 cm³/mol. The number of rotatable bonds is 2. The molecule has 0 unspecified atom stereocenters. The molecular weight excluding hydrogens is 196 g/mol. The molecule has 0 spiro atoms. The molecular formula is C10H8N2O3. The van der Waals surface area contributed by atoms with Gasteiger partial charge < -0.3 is 9.72 Å². The van der Waals surface area contributed by atoms with E-state index in [1.54, 1.807) is 12.3 Å². The molecule has 2 aromatic rings. The minimum atomic E-state index is -0.470. The number of carbonyl (C=O) groups is 2. The van der Waals surface area contributed by atoms with Crippen molar-refractivity contribution in [2.75, 3.05) is 7.11 Å². The van der Waals surface area contributed by atoms with Gasteiger partial charge >= 0.3 is 5.97 Å². The second-order valence-corrected chi connectivity index (χ2v) is 2.97. The van der Waals surface area contributed by atoms with Crippen LogP contribution in [0.2, 0.25) is 0 Å². The number of fused-ring (bicyclic) bond motifs is 1. The van der Waals surface area contributed by atoms with Crippen molar-refractivity contribution in [3.05, 3.63) is 29.6 Å². The van der Waals surface area contributed by atoms with E-state index in [1.807, 2.05) is 0 Å². The van der Waals surface area contributed by atoms with Gasteiger partial charge in [0, 0.05) is 23.3 Å². The van der Waals surface area contributed by atoms with Gasteiger partial charge in [0.15, 0.2) is 6.29 Å². The van der Waals surface area contributed by atoms with Gasteiger partial charge in [-0.05, 0) is 6.07 Å². The zero-order valence-corrected chi connectivity index (χ0v) is 7.98. The van der Waals surface area contributed by atoms with Crippen LogP contribution in [0.4, 0.5) is 0 Å². The molecule has 0 radical (unpaired) electrons. The quantitative estimate of drug-likeness (QED) is 0.588. The number of hydrogen-bond donors (Lipinski definition) is 1. The second kappa shape index (κ2) is 3.53. The number of aldehydes is 1. The molecule has 1 N–H and O–H groups in total. The number of H-pyrrole nitrogens is 1. The van der Waals surface area contributed by atoms with E-state index in [9.17, 15) is 9.59 Å². The van der Waals surface area contributed by atoms with Gasteiger partial charge in [0.2, 0.25) is 0 Å². The van der Waals surface area contributed by atoms with Crippen LogP contribution in [-0.4, -0.2) is 29.3 Å². The maximum atomic E-state index is 11.2. The second-order valence-electron chi connectivity index (χ2n) is 2.97. The highest BCUT2D eigenvalue weighted by Gasteiger charge is 2.10. The topological polar surface area (TPSA) is 72.0 Å². The molecule has 0 aliphatic heterocycles. The van der Waals surface area contributed by atoms with Crippen molar-refractivity contribution in [2.45, 2.75) is 0 Å². The molecule has 5 heteroatoms. The molecule has 0 aliphatic rings. The Morgan fingerprint density at radius 2 is 2.40 bits per heavy atom. The Labute approximate surface area is 85.1 Å². The summed E-state index contributed by atoms with van der Waals surface area (Å²) in [6, 6.07) is 1.58. The summed E-state index contributed by atoms with van der Waals surface area (Å²) < 4.78 is 4.56. The number of carbonyl (C=O) groups excluding carboxylic acids is 2. The largest absolute Gasteiger partial charge is 0.465 e. The molecule has 0 saturated carbocycles. The minimum absolute atomic E-state index is 0.327. The molecule has 0 aromatic carbocycles. The van der Waals surface area contributed by atoms with E-state index in [-0.39, 0.29) is 0 Å². The molecule has 0 amide bonds. The van der Waals surface area contributed by atoms with Crippen molar-refractivity contribution in [1.29, 1.82) is 0 Å². The number of pyridine rings is 1. The zero-order valence-electron chi connectivity index (χ0n) is 7.98. The van der Waals surface area contributed by atoms with Gasteiger partial charge in [-0.1, -0.05) is 0 Å². The van der Waals surface area contributed by atoms with Crippen molar-refractivity contribution < 1.29 is 14.3 Å². The van der Waals surface area contributed by atoms with Crippen LogP contribution in [0.25, 0.3) is 11.0 Å². The summed E-state index contributed by atoms with van der Waals surface area (Å²) in [5.41, 5.74) is 1.38. The Morgan fingerprint density at radius 3 is 3.07 bits per heavy atom. The van der Waals surface area contributed by atoms with Crippen molar-refractivity contribution in [2.24, 2.45) is 0 Å². The summed E-state index contributed by atoms with van der Waals surface area (Å²) in [6.07, 6.45) is 3.66. The van der Waals surface area contributed by atoms with Crippen molar-refractivity contribution in [3.8, 4) is 0 Å². The Kier molecular flexibility index (Phi) is 2.21. The first-order valence-electron chi connectivity index (χ1n) is 4.27. The predicted octanol–water partition coefficient (Wildman–Crippen LogP) is 1.16. The summed E-state index contributed by atoms with van der Waals surface area (Å²) in [7, 11) is 1.30. The third-order valence-corrected chi connectivity index (χ3v) is 2.11. The average molecular weight is 204 g/mol. The standard InChI is InChI=1S/C10H8N2O3/c1-15-10(14)6-2-8-7(5-13)4-12-9(8)11-3-6/h2-5H,1H3,(H,11,12). The van der Waals surface area contributed by atoms with Crippen molar-refractivity contribution >= 4 is 23.3 Å². The number of aromatic amines is 1. The molecule has 2 aromatic heterocycles. The van der Waals surface area contributed by atoms with Crippen LogP contribution >= 0.6 is 0 Å². The lowest BCUT2D eigenvalue weighted by molar-refractivity contribution is 0.0600. The number of nitrogens with one attached hydrogen (secondary N) is 1. The minimum Gasteiger partial charge on any atom is -0.465 e. The van der Waals surface area contributed by atoms with E-state index in [2.05, 4.69) is 14.7 Å². The van der Waals surface area contributed by atoms with E-state index >= 15 is 0 Å². The molecule has 0 aliphatic carbocycles. The Morgan fingerprint density at radius 1 is 1.60 bits per heavy atom. The molecule has 0 saturated heterocycles. The summed E-state index contributed by atoms with van der Waals surface area (Å²) in [6.45, 7) is 0. The fraction of sp³-hybridized carbons (Fsp3) is 0.100. The normalized spacial score (nSPS) is 10.2.